The first kappa shape index (κ1) is 16.3. The molecule has 0 fully saturated rings. The number of carbonyl (C=O) groups excluding carboxylic acids is 1. The van der Waals surface area contributed by atoms with Crippen LogP contribution in [0, 0.1) is 0 Å². The van der Waals surface area contributed by atoms with Gasteiger partial charge in [-0.1, -0.05) is 13.3 Å². The zero-order valence-electron chi connectivity index (χ0n) is 12.5. The van der Waals surface area contributed by atoms with Gasteiger partial charge in [0.1, 0.15) is 5.75 Å². The van der Waals surface area contributed by atoms with E-state index in [9.17, 15) is 4.79 Å². The van der Waals surface area contributed by atoms with E-state index in [-0.39, 0.29) is 5.91 Å². The van der Waals surface area contributed by atoms with Gasteiger partial charge in [0.25, 0.3) is 0 Å². The highest BCUT2D eigenvalue weighted by molar-refractivity contribution is 5.89. The first-order valence-electron chi connectivity index (χ1n) is 6.94. The predicted molar refractivity (Wildman–Crippen MR) is 81.5 cm³/mol. The number of amides is 1. The number of ether oxygens (including phenoxy) is 2. The number of hydrogen-bond acceptors (Lipinski definition) is 4. The Labute approximate surface area is 120 Å². The lowest BCUT2D eigenvalue weighted by Gasteiger charge is -2.13. The maximum Gasteiger partial charge on any atom is 0.221 e. The largest absolute Gasteiger partial charge is 0.495 e. The quantitative estimate of drug-likeness (QED) is 0.683. The third-order valence-electron chi connectivity index (χ3n) is 2.72. The molecule has 0 bridgehead atoms. The minimum Gasteiger partial charge on any atom is -0.495 e. The van der Waals surface area contributed by atoms with Gasteiger partial charge in [-0.25, -0.2) is 0 Å². The van der Waals surface area contributed by atoms with Gasteiger partial charge < -0.3 is 20.1 Å². The predicted octanol–water partition coefficient (Wildman–Crippen LogP) is 2.88. The average molecular weight is 280 g/mol. The minimum absolute atomic E-state index is 0.0935. The summed E-state index contributed by atoms with van der Waals surface area (Å²) in [7, 11) is 1.62. The Hall–Kier alpha value is -1.75. The van der Waals surface area contributed by atoms with Crippen LogP contribution in [0.25, 0.3) is 0 Å². The van der Waals surface area contributed by atoms with Gasteiger partial charge in [0, 0.05) is 25.8 Å². The summed E-state index contributed by atoms with van der Waals surface area (Å²) in [6.45, 7) is 5.76. The molecule has 0 aliphatic heterocycles. The van der Waals surface area contributed by atoms with Crippen LogP contribution in [0.4, 0.5) is 11.4 Å². The first-order chi connectivity index (χ1) is 9.67. The lowest BCUT2D eigenvalue weighted by Crippen LogP contribution is -2.11. The number of benzene rings is 1. The van der Waals surface area contributed by atoms with Gasteiger partial charge in [-0.05, 0) is 24.6 Å². The summed E-state index contributed by atoms with van der Waals surface area (Å²) in [5.74, 6) is 0.650. The molecule has 5 heteroatoms. The molecule has 0 aliphatic rings. The molecule has 0 aliphatic carbocycles. The molecule has 1 aromatic rings. The molecular formula is C15H24N2O3. The van der Waals surface area contributed by atoms with Gasteiger partial charge in [-0.3, -0.25) is 4.79 Å². The standard InChI is InChI=1S/C15H24N2O3/c1-4-5-9-20-10-8-16-14-11-13(17-12(2)18)6-7-15(14)19-3/h6-7,11,16H,4-5,8-10H2,1-3H3,(H,17,18). The Morgan fingerprint density at radius 1 is 1.30 bits per heavy atom. The molecule has 0 spiro atoms. The third kappa shape index (κ3) is 5.93. The van der Waals surface area contributed by atoms with E-state index in [1.807, 2.05) is 18.2 Å². The van der Waals surface area contributed by atoms with E-state index >= 15 is 0 Å². The molecule has 1 aromatic carbocycles. The van der Waals surface area contributed by atoms with Crippen molar-refractivity contribution in [3.05, 3.63) is 18.2 Å². The van der Waals surface area contributed by atoms with Crippen LogP contribution in [0.1, 0.15) is 26.7 Å². The Morgan fingerprint density at radius 3 is 2.75 bits per heavy atom. The summed E-state index contributed by atoms with van der Waals surface area (Å²) in [6.07, 6.45) is 2.22. The van der Waals surface area contributed by atoms with Gasteiger partial charge in [0.15, 0.2) is 0 Å². The number of carbonyl (C=O) groups is 1. The normalized spacial score (nSPS) is 10.2. The van der Waals surface area contributed by atoms with Crippen molar-refractivity contribution in [2.45, 2.75) is 26.7 Å². The lowest BCUT2D eigenvalue weighted by molar-refractivity contribution is -0.114. The van der Waals surface area contributed by atoms with Crippen molar-refractivity contribution in [3.63, 3.8) is 0 Å². The molecule has 1 rings (SSSR count). The molecule has 0 atom stereocenters. The number of hydrogen-bond donors (Lipinski definition) is 2. The van der Waals surface area contributed by atoms with E-state index in [1.54, 1.807) is 7.11 Å². The molecule has 5 nitrogen and oxygen atoms in total. The number of anilines is 2. The second-order valence-electron chi connectivity index (χ2n) is 4.49. The molecule has 0 saturated heterocycles. The third-order valence-corrected chi connectivity index (χ3v) is 2.72. The van der Waals surface area contributed by atoms with Crippen LogP contribution in [0.2, 0.25) is 0 Å². The van der Waals surface area contributed by atoms with E-state index in [0.717, 1.165) is 36.6 Å². The number of nitrogens with one attached hydrogen (secondary N) is 2. The Morgan fingerprint density at radius 2 is 2.10 bits per heavy atom. The number of methoxy groups -OCH3 is 1. The molecule has 0 aromatic heterocycles. The molecule has 1 amide bonds. The van der Waals surface area contributed by atoms with Crippen LogP contribution >= 0.6 is 0 Å². The van der Waals surface area contributed by atoms with Gasteiger partial charge in [0.05, 0.1) is 19.4 Å². The van der Waals surface area contributed by atoms with Gasteiger partial charge >= 0.3 is 0 Å². The van der Waals surface area contributed by atoms with Crippen molar-refractivity contribution in [2.24, 2.45) is 0 Å². The van der Waals surface area contributed by atoms with Gasteiger partial charge in [-0.15, -0.1) is 0 Å². The van der Waals surface area contributed by atoms with E-state index in [4.69, 9.17) is 9.47 Å². The highest BCUT2D eigenvalue weighted by Gasteiger charge is 2.05. The Kier molecular flexibility index (Phi) is 7.50. The van der Waals surface area contributed by atoms with Crippen LogP contribution < -0.4 is 15.4 Å². The second kappa shape index (κ2) is 9.20. The topological polar surface area (TPSA) is 59.6 Å². The van der Waals surface area contributed by atoms with Crippen LogP contribution in [-0.2, 0) is 9.53 Å². The fourth-order valence-electron chi connectivity index (χ4n) is 1.73. The van der Waals surface area contributed by atoms with E-state index in [0.29, 0.717) is 13.2 Å². The zero-order valence-corrected chi connectivity index (χ0v) is 12.5. The van der Waals surface area contributed by atoms with Gasteiger partial charge in [0.2, 0.25) is 5.91 Å². The number of unbranched alkanes of at least 4 members (excludes halogenated alkanes) is 1. The van der Waals surface area contributed by atoms with Crippen molar-refractivity contribution >= 4 is 17.3 Å². The maximum absolute atomic E-state index is 11.1. The molecule has 0 heterocycles. The summed E-state index contributed by atoms with van der Waals surface area (Å²) in [4.78, 5) is 11.1. The monoisotopic (exact) mass is 280 g/mol. The Balaban J connectivity index is 2.50. The smallest absolute Gasteiger partial charge is 0.221 e. The Bertz CT molecular complexity index is 422. The molecule has 112 valence electrons. The summed E-state index contributed by atoms with van der Waals surface area (Å²) in [5.41, 5.74) is 1.59. The fourth-order valence-corrected chi connectivity index (χ4v) is 1.73. The molecule has 0 unspecified atom stereocenters. The SMILES string of the molecule is CCCCOCCNc1cc(NC(C)=O)ccc1OC. The maximum atomic E-state index is 11.1. The van der Waals surface area contributed by atoms with Crippen molar-refractivity contribution in [1.29, 1.82) is 0 Å². The second-order valence-corrected chi connectivity index (χ2v) is 4.49. The first-order valence-corrected chi connectivity index (χ1v) is 6.94. The van der Waals surface area contributed by atoms with Crippen molar-refractivity contribution in [2.75, 3.05) is 37.5 Å². The van der Waals surface area contributed by atoms with Crippen molar-refractivity contribution < 1.29 is 14.3 Å². The number of rotatable bonds is 9. The molecule has 0 saturated carbocycles. The van der Waals surface area contributed by atoms with Gasteiger partial charge in [-0.2, -0.15) is 0 Å². The van der Waals surface area contributed by atoms with Crippen LogP contribution in [0.15, 0.2) is 18.2 Å². The summed E-state index contributed by atoms with van der Waals surface area (Å²) in [5, 5.41) is 6.00. The zero-order chi connectivity index (χ0) is 14.8. The highest BCUT2D eigenvalue weighted by atomic mass is 16.5. The minimum atomic E-state index is -0.0935. The molecule has 2 N–H and O–H groups in total. The van der Waals surface area contributed by atoms with Crippen LogP contribution in [0.3, 0.4) is 0 Å². The van der Waals surface area contributed by atoms with Crippen molar-refractivity contribution in [3.8, 4) is 5.75 Å². The van der Waals surface area contributed by atoms with E-state index in [1.165, 1.54) is 6.92 Å². The fraction of sp³-hybridized carbons (Fsp3) is 0.533. The average Bonchev–Trinajstić information content (AvgIpc) is 2.42. The summed E-state index contributed by atoms with van der Waals surface area (Å²) >= 11 is 0. The van der Waals surface area contributed by atoms with Crippen LogP contribution in [0.5, 0.6) is 5.75 Å². The summed E-state index contributed by atoms with van der Waals surface area (Å²) < 4.78 is 10.8. The molecular weight excluding hydrogens is 256 g/mol. The summed E-state index contributed by atoms with van der Waals surface area (Å²) in [6, 6.07) is 5.49. The van der Waals surface area contributed by atoms with Crippen LogP contribution in [-0.4, -0.2) is 32.8 Å². The molecule has 20 heavy (non-hydrogen) atoms. The molecule has 0 radical (unpaired) electrons. The van der Waals surface area contributed by atoms with E-state index in [2.05, 4.69) is 17.6 Å². The lowest BCUT2D eigenvalue weighted by atomic mass is 10.2. The van der Waals surface area contributed by atoms with E-state index < -0.39 is 0 Å². The van der Waals surface area contributed by atoms with Crippen molar-refractivity contribution in [1.82, 2.24) is 0 Å². The highest BCUT2D eigenvalue weighted by Crippen LogP contribution is 2.27.